The Balaban J connectivity index is 2.52. The molecule has 0 bridgehead atoms. The van der Waals surface area contributed by atoms with Crippen LogP contribution in [0.3, 0.4) is 0 Å². The third-order valence-electron chi connectivity index (χ3n) is 3.52. The van der Waals surface area contributed by atoms with E-state index in [0.717, 1.165) is 16.4 Å². The van der Waals surface area contributed by atoms with Crippen molar-refractivity contribution in [2.75, 3.05) is 18.8 Å². The number of hydrogen-bond donors (Lipinski definition) is 1. The molecule has 0 heterocycles. The van der Waals surface area contributed by atoms with Crippen LogP contribution in [0.2, 0.25) is 0 Å². The Bertz CT molecular complexity index is 1060. The molecule has 2 aromatic rings. The maximum absolute atomic E-state index is 12.7. The van der Waals surface area contributed by atoms with Gasteiger partial charge in [0.1, 0.15) is 0 Å². The fraction of sp³-hybridized carbons (Fsp3) is 0.200. The highest BCUT2D eigenvalue weighted by Crippen LogP contribution is 2.29. The molecule has 0 radical (unpaired) electrons. The summed E-state index contributed by atoms with van der Waals surface area (Å²) in [6, 6.07) is 9.12. The molecule has 2 aromatic carbocycles. The number of anilines is 1. The van der Waals surface area contributed by atoms with E-state index in [4.69, 9.17) is 0 Å². The molecule has 1 N–H and O–H groups in total. The van der Waals surface area contributed by atoms with E-state index in [9.17, 15) is 26.9 Å². The predicted octanol–water partition coefficient (Wildman–Crippen LogP) is 1.95. The minimum atomic E-state index is -4.30. The van der Waals surface area contributed by atoms with Gasteiger partial charge in [-0.25, -0.2) is 21.1 Å². The molecule has 0 saturated carbocycles. The maximum atomic E-state index is 12.7. The van der Waals surface area contributed by atoms with Gasteiger partial charge in [-0.15, -0.1) is 0 Å². The largest absolute Gasteiger partial charge is 0.290 e. The Kier molecular flexibility index (Phi) is 5.35. The van der Waals surface area contributed by atoms with Crippen LogP contribution in [0, 0.1) is 17.0 Å². The van der Waals surface area contributed by atoms with Crippen molar-refractivity contribution in [2.45, 2.75) is 16.7 Å². The van der Waals surface area contributed by atoms with E-state index in [1.165, 1.54) is 51.4 Å². The molecule has 0 saturated heterocycles. The van der Waals surface area contributed by atoms with Gasteiger partial charge in [0.15, 0.2) is 4.90 Å². The van der Waals surface area contributed by atoms with Gasteiger partial charge in [0, 0.05) is 20.2 Å². The lowest BCUT2D eigenvalue weighted by Gasteiger charge is -2.14. The first-order valence-electron chi connectivity index (χ1n) is 7.26. The Hall–Kier alpha value is -2.50. The molecule has 9 nitrogen and oxygen atoms in total. The number of hydrogen-bond acceptors (Lipinski definition) is 6. The molecule has 26 heavy (non-hydrogen) atoms. The Morgan fingerprint density at radius 3 is 2.23 bits per heavy atom. The summed E-state index contributed by atoms with van der Waals surface area (Å²) in [6.45, 7) is 1.44. The molecule has 0 spiro atoms. The summed E-state index contributed by atoms with van der Waals surface area (Å²) in [5.41, 5.74) is -0.385. The normalized spacial score (nSPS) is 12.2. The van der Waals surface area contributed by atoms with Crippen molar-refractivity contribution in [1.82, 2.24) is 4.31 Å². The second kappa shape index (κ2) is 7.02. The molecular formula is C15H17N3O6S2. The monoisotopic (exact) mass is 399 g/mol. The van der Waals surface area contributed by atoms with Gasteiger partial charge in [-0.05, 0) is 30.7 Å². The third kappa shape index (κ3) is 3.84. The van der Waals surface area contributed by atoms with Gasteiger partial charge in [-0.3, -0.25) is 14.8 Å². The Morgan fingerprint density at radius 2 is 1.65 bits per heavy atom. The lowest BCUT2D eigenvalue weighted by atomic mass is 10.2. The molecule has 0 aliphatic carbocycles. The quantitative estimate of drug-likeness (QED) is 0.584. The van der Waals surface area contributed by atoms with Crippen molar-refractivity contribution in [1.29, 1.82) is 0 Å². The lowest BCUT2D eigenvalue weighted by molar-refractivity contribution is -0.387. The third-order valence-corrected chi connectivity index (χ3v) is 6.91. The van der Waals surface area contributed by atoms with Gasteiger partial charge in [0.25, 0.3) is 15.7 Å². The topological polar surface area (TPSA) is 127 Å². The summed E-state index contributed by atoms with van der Waals surface area (Å²) in [5.74, 6) is 0. The first kappa shape index (κ1) is 19.8. The number of nitro groups is 1. The van der Waals surface area contributed by atoms with Crippen LogP contribution in [-0.4, -0.2) is 40.2 Å². The van der Waals surface area contributed by atoms with Crippen molar-refractivity contribution >= 4 is 31.4 Å². The zero-order valence-corrected chi connectivity index (χ0v) is 15.8. The van der Waals surface area contributed by atoms with Crippen molar-refractivity contribution in [3.05, 3.63) is 58.1 Å². The lowest BCUT2D eigenvalue weighted by Crippen LogP contribution is -2.22. The molecule has 0 unspecified atom stereocenters. The van der Waals surface area contributed by atoms with E-state index in [1.54, 1.807) is 0 Å². The smallest absolute Gasteiger partial charge is 0.279 e. The Morgan fingerprint density at radius 1 is 1.04 bits per heavy atom. The fourth-order valence-electron chi connectivity index (χ4n) is 2.27. The number of nitrogens with one attached hydrogen (secondary N) is 1. The SMILES string of the molecule is Cc1cccc([N+](=O)[O-])c1S(=O)(=O)Nc1cccc(S(=O)(=O)N(C)C)c1. The summed E-state index contributed by atoms with van der Waals surface area (Å²) in [4.78, 5) is 9.80. The second-order valence-corrected chi connectivity index (χ2v) is 9.37. The standard InChI is InChI=1S/C15H17N3O6S2/c1-11-6-4-9-14(18(19)20)15(11)25(21,22)16-12-7-5-8-13(10-12)26(23,24)17(2)3/h4-10,16H,1-3H3. The van der Waals surface area contributed by atoms with E-state index in [2.05, 4.69) is 4.72 Å². The van der Waals surface area contributed by atoms with E-state index in [-0.39, 0.29) is 16.1 Å². The molecule has 0 aliphatic heterocycles. The van der Waals surface area contributed by atoms with Gasteiger partial charge >= 0.3 is 0 Å². The molecule has 0 fully saturated rings. The molecule has 11 heteroatoms. The molecule has 0 amide bonds. The highest BCUT2D eigenvalue weighted by molar-refractivity contribution is 7.93. The van der Waals surface area contributed by atoms with E-state index in [1.807, 2.05) is 0 Å². The molecular weight excluding hydrogens is 382 g/mol. The molecule has 2 rings (SSSR count). The van der Waals surface area contributed by atoms with Gasteiger partial charge in [0.05, 0.1) is 15.5 Å². The molecule has 0 atom stereocenters. The second-order valence-electron chi connectivity index (χ2n) is 5.60. The van der Waals surface area contributed by atoms with Crippen LogP contribution < -0.4 is 4.72 Å². The average Bonchev–Trinajstić information content (AvgIpc) is 2.53. The number of sulfonamides is 2. The zero-order valence-electron chi connectivity index (χ0n) is 14.2. The van der Waals surface area contributed by atoms with Crippen LogP contribution >= 0.6 is 0 Å². The van der Waals surface area contributed by atoms with Gasteiger partial charge < -0.3 is 0 Å². The van der Waals surface area contributed by atoms with Gasteiger partial charge in [-0.1, -0.05) is 18.2 Å². The fourth-order valence-corrected chi connectivity index (χ4v) is 4.66. The predicted molar refractivity (Wildman–Crippen MR) is 96.0 cm³/mol. The minimum Gasteiger partial charge on any atom is -0.279 e. The van der Waals surface area contributed by atoms with Crippen LogP contribution in [0.1, 0.15) is 5.56 Å². The molecule has 140 valence electrons. The first-order valence-corrected chi connectivity index (χ1v) is 10.2. The van der Waals surface area contributed by atoms with Crippen molar-refractivity contribution in [2.24, 2.45) is 0 Å². The number of aryl methyl sites for hydroxylation is 1. The van der Waals surface area contributed by atoms with Crippen molar-refractivity contribution in [3.63, 3.8) is 0 Å². The van der Waals surface area contributed by atoms with E-state index >= 15 is 0 Å². The number of rotatable bonds is 6. The van der Waals surface area contributed by atoms with Crippen LogP contribution in [0.5, 0.6) is 0 Å². The number of nitrogens with zero attached hydrogens (tertiary/aromatic N) is 2. The summed E-state index contributed by atoms with van der Waals surface area (Å²) in [5, 5.41) is 11.2. The van der Waals surface area contributed by atoms with Crippen LogP contribution in [-0.2, 0) is 20.0 Å². The number of benzene rings is 2. The number of nitro benzene ring substituents is 1. The summed E-state index contributed by atoms with van der Waals surface area (Å²) in [7, 11) is -5.36. The van der Waals surface area contributed by atoms with E-state index in [0.29, 0.717) is 0 Å². The van der Waals surface area contributed by atoms with Crippen LogP contribution in [0.25, 0.3) is 0 Å². The maximum Gasteiger partial charge on any atom is 0.290 e. The Labute approximate surface area is 151 Å². The average molecular weight is 399 g/mol. The summed E-state index contributed by atoms with van der Waals surface area (Å²) in [6.07, 6.45) is 0. The minimum absolute atomic E-state index is 0.0227. The van der Waals surface area contributed by atoms with E-state index < -0.39 is 35.6 Å². The van der Waals surface area contributed by atoms with Crippen molar-refractivity contribution < 1.29 is 21.8 Å². The molecule has 0 aromatic heterocycles. The summed E-state index contributed by atoms with van der Waals surface area (Å²) < 4.78 is 52.9. The molecule has 0 aliphatic rings. The van der Waals surface area contributed by atoms with Crippen molar-refractivity contribution in [3.8, 4) is 0 Å². The van der Waals surface area contributed by atoms with Gasteiger partial charge in [0.2, 0.25) is 10.0 Å². The summed E-state index contributed by atoms with van der Waals surface area (Å²) >= 11 is 0. The van der Waals surface area contributed by atoms with Gasteiger partial charge in [-0.2, -0.15) is 0 Å². The highest BCUT2D eigenvalue weighted by atomic mass is 32.2. The first-order chi connectivity index (χ1) is 12.0. The van der Waals surface area contributed by atoms with Crippen LogP contribution in [0.15, 0.2) is 52.3 Å². The zero-order chi connectivity index (χ0) is 19.7. The van der Waals surface area contributed by atoms with Crippen LogP contribution in [0.4, 0.5) is 11.4 Å². The highest BCUT2D eigenvalue weighted by Gasteiger charge is 2.28.